The lowest BCUT2D eigenvalue weighted by Gasteiger charge is -2.48. The van der Waals surface area contributed by atoms with Crippen LogP contribution in [-0.4, -0.2) is 88.9 Å². The summed E-state index contributed by atoms with van der Waals surface area (Å²) in [5.74, 6) is -3.51. The van der Waals surface area contributed by atoms with Crippen molar-refractivity contribution in [2.24, 2.45) is 0 Å². The molecule has 0 aliphatic carbocycles. The number of anilines is 1. The number of alkyl halides is 2. The van der Waals surface area contributed by atoms with Crippen molar-refractivity contribution in [3.05, 3.63) is 62.6 Å². The molecule has 3 fully saturated rings. The molecule has 12 heteroatoms. The Morgan fingerprint density at radius 2 is 1.59 bits per heavy atom. The number of carbonyl (C=O) groups is 2. The minimum atomic E-state index is -2.75. The van der Waals surface area contributed by atoms with Crippen LogP contribution >= 0.6 is 34.8 Å². The number of carbonyl (C=O) groups excluding carboxylic acids is 2. The van der Waals surface area contributed by atoms with E-state index in [-0.39, 0.29) is 53.5 Å². The normalized spacial score (nSPS) is 21.7. The second kappa shape index (κ2) is 11.8. The summed E-state index contributed by atoms with van der Waals surface area (Å²) < 4.78 is 27.0. The smallest absolute Gasteiger partial charge is 0.258 e. The Morgan fingerprint density at radius 3 is 2.17 bits per heavy atom. The molecule has 41 heavy (non-hydrogen) atoms. The van der Waals surface area contributed by atoms with Crippen LogP contribution in [0.5, 0.6) is 0 Å². The maximum Gasteiger partial charge on any atom is 0.258 e. The minimum Gasteiger partial charge on any atom is -0.380 e. The van der Waals surface area contributed by atoms with Gasteiger partial charge in [0.15, 0.2) is 5.60 Å². The van der Waals surface area contributed by atoms with Crippen molar-refractivity contribution in [2.75, 3.05) is 44.6 Å². The fraction of sp³-hybridized carbons (Fsp3) is 0.517. The molecule has 7 nitrogen and oxygen atoms in total. The Kier molecular flexibility index (Phi) is 8.75. The third kappa shape index (κ3) is 6.59. The van der Waals surface area contributed by atoms with E-state index in [1.54, 1.807) is 41.3 Å². The Labute approximate surface area is 253 Å². The molecule has 0 saturated carbocycles. The molecule has 1 atom stereocenters. The molecule has 2 aromatic rings. The zero-order chi connectivity index (χ0) is 29.5. The monoisotopic (exact) mass is 628 g/mol. The number of benzene rings is 2. The Hall–Kier alpha value is -2.17. The molecule has 2 amide bonds. The number of halogens is 5. The number of rotatable bonds is 6. The average Bonchev–Trinajstić information content (AvgIpc) is 2.89. The Bertz CT molecular complexity index is 1280. The topological polar surface area (TPSA) is 76.1 Å². The summed E-state index contributed by atoms with van der Waals surface area (Å²) in [5.41, 5.74) is -0.346. The van der Waals surface area contributed by atoms with Crippen LogP contribution in [0.3, 0.4) is 0 Å². The molecule has 0 bridgehead atoms. The van der Waals surface area contributed by atoms with Crippen LogP contribution in [-0.2, 0) is 10.4 Å². The summed E-state index contributed by atoms with van der Waals surface area (Å²) in [6, 6.07) is 10.5. The van der Waals surface area contributed by atoms with Crippen molar-refractivity contribution >= 4 is 52.3 Å². The second-order valence-electron chi connectivity index (χ2n) is 11.4. The lowest BCUT2D eigenvalue weighted by atomic mass is 9.92. The van der Waals surface area contributed by atoms with Gasteiger partial charge in [0, 0.05) is 68.9 Å². The summed E-state index contributed by atoms with van der Waals surface area (Å²) in [5, 5.41) is 15.2. The van der Waals surface area contributed by atoms with Gasteiger partial charge in [0.1, 0.15) is 0 Å². The SMILES string of the molecule is C[C@@](O)(C(=O)N1CCC(N2CC(Nc3cc(Cl)c(C(=O)N4CCC(F)(F)CC4)c(Cl)c3)C2)CC1)c1cccc(Cl)c1. The first-order valence-corrected chi connectivity index (χ1v) is 14.9. The number of likely N-dealkylation sites (tertiary alicyclic amines) is 3. The molecule has 3 aliphatic rings. The number of piperidine rings is 2. The molecular formula is C29H33Cl3F2N4O3. The molecule has 3 heterocycles. The van der Waals surface area contributed by atoms with E-state index in [1.165, 1.54) is 11.8 Å². The van der Waals surface area contributed by atoms with Crippen molar-refractivity contribution in [1.82, 2.24) is 14.7 Å². The highest BCUT2D eigenvalue weighted by Gasteiger charge is 2.40. The van der Waals surface area contributed by atoms with Gasteiger partial charge in [-0.05, 0) is 49.6 Å². The van der Waals surface area contributed by atoms with Crippen LogP contribution < -0.4 is 5.32 Å². The summed E-state index contributed by atoms with van der Waals surface area (Å²) in [6.45, 7) is 4.16. The number of hydrogen-bond donors (Lipinski definition) is 2. The van der Waals surface area contributed by atoms with E-state index in [0.29, 0.717) is 35.4 Å². The first-order valence-electron chi connectivity index (χ1n) is 13.8. The van der Waals surface area contributed by atoms with E-state index in [0.717, 1.165) is 25.9 Å². The maximum atomic E-state index is 13.5. The fourth-order valence-electron chi connectivity index (χ4n) is 5.85. The van der Waals surface area contributed by atoms with E-state index in [1.807, 2.05) is 0 Å². The molecule has 3 saturated heterocycles. The van der Waals surface area contributed by atoms with Crippen LogP contribution in [0, 0.1) is 0 Å². The minimum absolute atomic E-state index is 0.0370. The van der Waals surface area contributed by atoms with Gasteiger partial charge in [0.05, 0.1) is 21.7 Å². The largest absolute Gasteiger partial charge is 0.380 e. The number of aliphatic hydroxyl groups is 1. The molecule has 222 valence electrons. The highest BCUT2D eigenvalue weighted by molar-refractivity contribution is 6.40. The van der Waals surface area contributed by atoms with Crippen LogP contribution in [0.4, 0.5) is 14.5 Å². The van der Waals surface area contributed by atoms with Gasteiger partial charge < -0.3 is 20.2 Å². The Morgan fingerprint density at radius 1 is 0.976 bits per heavy atom. The van der Waals surface area contributed by atoms with Gasteiger partial charge in [-0.1, -0.05) is 46.9 Å². The van der Waals surface area contributed by atoms with Crippen LogP contribution in [0.25, 0.3) is 0 Å². The predicted octanol–water partition coefficient (Wildman–Crippen LogP) is 5.51. The Balaban J connectivity index is 1.11. The van der Waals surface area contributed by atoms with Crippen molar-refractivity contribution in [1.29, 1.82) is 0 Å². The van der Waals surface area contributed by atoms with E-state index in [4.69, 9.17) is 34.8 Å². The zero-order valence-electron chi connectivity index (χ0n) is 22.7. The molecule has 3 aliphatic heterocycles. The standard InChI is InChI=1S/C29H33Cl3F2N4O3/c1-28(41,18-3-2-4-19(30)13-18)27(40)37-9-5-22(6-10-37)38-16-21(17-38)35-20-14-23(31)25(24(32)15-20)26(39)36-11-7-29(33,34)8-12-36/h2-4,13-15,21-22,35,41H,5-12,16-17H2,1H3/t28-/m0/s1. The van der Waals surface area contributed by atoms with Crippen LogP contribution in [0.2, 0.25) is 15.1 Å². The van der Waals surface area contributed by atoms with Crippen LogP contribution in [0.1, 0.15) is 48.5 Å². The van der Waals surface area contributed by atoms with Gasteiger partial charge in [0.2, 0.25) is 0 Å². The van der Waals surface area contributed by atoms with E-state index in [9.17, 15) is 23.5 Å². The lowest BCUT2D eigenvalue weighted by Crippen LogP contribution is -2.61. The fourth-order valence-corrected chi connectivity index (χ4v) is 6.69. The lowest BCUT2D eigenvalue weighted by molar-refractivity contribution is -0.152. The molecule has 2 aromatic carbocycles. The maximum absolute atomic E-state index is 13.5. The van der Waals surface area contributed by atoms with E-state index >= 15 is 0 Å². The summed E-state index contributed by atoms with van der Waals surface area (Å²) in [4.78, 5) is 31.5. The first kappa shape index (κ1) is 30.3. The third-order valence-corrected chi connectivity index (χ3v) is 9.22. The number of hydrogen-bond acceptors (Lipinski definition) is 5. The van der Waals surface area contributed by atoms with E-state index < -0.39 is 17.4 Å². The van der Waals surface area contributed by atoms with Gasteiger partial charge in [-0.15, -0.1) is 0 Å². The van der Waals surface area contributed by atoms with Crippen molar-refractivity contribution < 1.29 is 23.5 Å². The molecule has 0 aromatic heterocycles. The molecular weight excluding hydrogens is 597 g/mol. The summed E-state index contributed by atoms with van der Waals surface area (Å²) >= 11 is 18.9. The highest BCUT2D eigenvalue weighted by atomic mass is 35.5. The predicted molar refractivity (Wildman–Crippen MR) is 156 cm³/mol. The van der Waals surface area contributed by atoms with Crippen molar-refractivity contribution in [3.8, 4) is 0 Å². The first-order chi connectivity index (χ1) is 19.3. The number of nitrogens with one attached hydrogen (secondary N) is 1. The number of amides is 2. The van der Waals surface area contributed by atoms with Crippen molar-refractivity contribution in [2.45, 2.75) is 56.2 Å². The van der Waals surface area contributed by atoms with Crippen LogP contribution in [0.15, 0.2) is 36.4 Å². The highest BCUT2D eigenvalue weighted by Crippen LogP contribution is 2.35. The second-order valence-corrected chi connectivity index (χ2v) is 12.6. The van der Waals surface area contributed by atoms with E-state index in [2.05, 4.69) is 10.2 Å². The summed E-state index contributed by atoms with van der Waals surface area (Å²) in [6.07, 6.45) is 0.873. The molecule has 0 unspecified atom stereocenters. The summed E-state index contributed by atoms with van der Waals surface area (Å²) in [7, 11) is 0. The molecule has 2 N–H and O–H groups in total. The van der Waals surface area contributed by atoms with Gasteiger partial charge >= 0.3 is 0 Å². The third-order valence-electron chi connectivity index (χ3n) is 8.39. The molecule has 5 rings (SSSR count). The zero-order valence-corrected chi connectivity index (χ0v) is 25.0. The number of nitrogens with zero attached hydrogens (tertiary/aromatic N) is 3. The average molecular weight is 630 g/mol. The van der Waals surface area contributed by atoms with Crippen molar-refractivity contribution in [3.63, 3.8) is 0 Å². The van der Waals surface area contributed by atoms with Gasteiger partial charge in [-0.2, -0.15) is 0 Å². The van der Waals surface area contributed by atoms with Gasteiger partial charge in [0.25, 0.3) is 17.7 Å². The van der Waals surface area contributed by atoms with Gasteiger partial charge in [-0.3, -0.25) is 14.5 Å². The quantitative estimate of drug-likeness (QED) is 0.441. The molecule has 0 spiro atoms. The van der Waals surface area contributed by atoms with Gasteiger partial charge in [-0.25, -0.2) is 8.78 Å². The molecule has 0 radical (unpaired) electrons.